The molecule has 2 heterocycles. The van der Waals surface area contributed by atoms with Gasteiger partial charge in [-0.25, -0.2) is 14.6 Å². The van der Waals surface area contributed by atoms with Crippen molar-refractivity contribution in [3.63, 3.8) is 0 Å². The third-order valence-corrected chi connectivity index (χ3v) is 7.42. The molecule has 208 valence electrons. The van der Waals surface area contributed by atoms with Gasteiger partial charge in [-0.15, -0.1) is 11.3 Å². The Hall–Kier alpha value is -4.35. The summed E-state index contributed by atoms with van der Waals surface area (Å²) in [6.07, 6.45) is 0.957. The van der Waals surface area contributed by atoms with E-state index >= 15 is 0 Å². The SMILES string of the molecule is COC(=O)C1=C(C)NC(C)=C(C(=O)OC(CN(C)Cc2ccccc2)c2nccs2)C1c1cccc([N+](=O)[O-])c1. The van der Waals surface area contributed by atoms with E-state index in [0.717, 1.165) is 5.56 Å². The van der Waals surface area contributed by atoms with Crippen LogP contribution >= 0.6 is 11.3 Å². The number of rotatable bonds is 10. The van der Waals surface area contributed by atoms with E-state index in [1.807, 2.05) is 47.7 Å². The van der Waals surface area contributed by atoms with Crippen molar-refractivity contribution in [1.82, 2.24) is 15.2 Å². The number of aromatic nitrogens is 1. The van der Waals surface area contributed by atoms with E-state index in [9.17, 15) is 19.7 Å². The van der Waals surface area contributed by atoms with Gasteiger partial charge in [-0.1, -0.05) is 42.5 Å². The Kier molecular flexibility index (Phi) is 9.08. The third-order valence-electron chi connectivity index (χ3n) is 6.55. The molecule has 0 fully saturated rings. The van der Waals surface area contributed by atoms with Crippen LogP contribution in [0.2, 0.25) is 0 Å². The fourth-order valence-corrected chi connectivity index (χ4v) is 5.45. The maximum Gasteiger partial charge on any atom is 0.337 e. The number of nitrogens with one attached hydrogen (secondary N) is 1. The molecular weight excluding hydrogens is 532 g/mol. The average molecular weight is 563 g/mol. The summed E-state index contributed by atoms with van der Waals surface area (Å²) in [6, 6.07) is 15.8. The van der Waals surface area contributed by atoms with E-state index in [4.69, 9.17) is 9.47 Å². The maximum atomic E-state index is 13.9. The van der Waals surface area contributed by atoms with Crippen molar-refractivity contribution < 1.29 is 24.0 Å². The van der Waals surface area contributed by atoms with Crippen LogP contribution in [0, 0.1) is 10.1 Å². The van der Waals surface area contributed by atoms with E-state index in [1.165, 1.54) is 36.6 Å². The molecule has 40 heavy (non-hydrogen) atoms. The van der Waals surface area contributed by atoms with Gasteiger partial charge < -0.3 is 14.8 Å². The molecule has 4 rings (SSSR count). The lowest BCUT2D eigenvalue weighted by molar-refractivity contribution is -0.384. The molecule has 3 aromatic rings. The van der Waals surface area contributed by atoms with E-state index in [2.05, 4.69) is 10.3 Å². The minimum Gasteiger partial charge on any atom is -0.466 e. The zero-order valence-corrected chi connectivity index (χ0v) is 23.4. The number of ether oxygens (including phenoxy) is 2. The standard InChI is InChI=1S/C29H30N4O6S/c1-18-24(28(34)38-4)26(21-11-8-12-22(15-21)33(36)37)25(19(2)31-18)29(35)39-23(27-30-13-14-40-27)17-32(3)16-20-9-6-5-7-10-20/h5-15,23,26,31H,16-17H2,1-4H3. The van der Waals surface area contributed by atoms with Gasteiger partial charge in [-0.2, -0.15) is 0 Å². The van der Waals surface area contributed by atoms with Crippen molar-refractivity contribution in [2.75, 3.05) is 20.7 Å². The van der Waals surface area contributed by atoms with E-state index in [-0.39, 0.29) is 16.8 Å². The largest absolute Gasteiger partial charge is 0.466 e. The van der Waals surface area contributed by atoms with E-state index in [1.54, 1.807) is 26.1 Å². The summed E-state index contributed by atoms with van der Waals surface area (Å²) in [5.74, 6) is -2.26. The Morgan fingerprint density at radius 3 is 2.42 bits per heavy atom. The number of carbonyl (C=O) groups excluding carboxylic acids is 2. The molecule has 0 bridgehead atoms. The predicted molar refractivity (Wildman–Crippen MR) is 150 cm³/mol. The maximum absolute atomic E-state index is 13.9. The fourth-order valence-electron chi connectivity index (χ4n) is 4.79. The molecule has 0 saturated heterocycles. The van der Waals surface area contributed by atoms with Crippen LogP contribution in [0.15, 0.2) is 88.7 Å². The topological polar surface area (TPSA) is 124 Å². The van der Waals surface area contributed by atoms with Crippen LogP contribution in [0.25, 0.3) is 0 Å². The molecule has 2 atom stereocenters. The molecule has 2 unspecified atom stereocenters. The van der Waals surface area contributed by atoms with E-state index in [0.29, 0.717) is 35.1 Å². The molecule has 0 amide bonds. The van der Waals surface area contributed by atoms with Gasteiger partial charge in [0.1, 0.15) is 5.01 Å². The minimum atomic E-state index is -0.944. The van der Waals surface area contributed by atoms with Crippen LogP contribution in [0.1, 0.15) is 42.0 Å². The molecule has 0 aliphatic carbocycles. The summed E-state index contributed by atoms with van der Waals surface area (Å²) in [4.78, 5) is 44.3. The van der Waals surface area contributed by atoms with Gasteiger partial charge in [-0.3, -0.25) is 15.0 Å². The molecule has 10 nitrogen and oxygen atoms in total. The number of nitro groups is 1. The molecular formula is C29H30N4O6S. The zero-order chi connectivity index (χ0) is 28.8. The number of hydrogen-bond acceptors (Lipinski definition) is 10. The van der Waals surface area contributed by atoms with Crippen molar-refractivity contribution in [2.24, 2.45) is 0 Å². The number of non-ortho nitro benzene ring substituents is 1. The van der Waals surface area contributed by atoms with E-state index < -0.39 is 28.9 Å². The number of allylic oxidation sites excluding steroid dienone is 2. The van der Waals surface area contributed by atoms with Gasteiger partial charge in [-0.05, 0) is 32.0 Å². The van der Waals surface area contributed by atoms with Crippen molar-refractivity contribution in [1.29, 1.82) is 0 Å². The lowest BCUT2D eigenvalue weighted by Gasteiger charge is -2.31. The number of methoxy groups -OCH3 is 1. The first-order valence-corrected chi connectivity index (χ1v) is 13.4. The lowest BCUT2D eigenvalue weighted by Crippen LogP contribution is -2.34. The highest BCUT2D eigenvalue weighted by Crippen LogP contribution is 2.41. The molecule has 0 spiro atoms. The number of likely N-dealkylation sites (N-methyl/N-ethyl adjacent to an activating group) is 1. The van der Waals surface area contributed by atoms with Crippen LogP contribution < -0.4 is 5.32 Å². The summed E-state index contributed by atoms with van der Waals surface area (Å²) in [6.45, 7) is 4.40. The monoisotopic (exact) mass is 562 g/mol. The molecule has 1 aromatic heterocycles. The molecule has 11 heteroatoms. The van der Waals surface area contributed by atoms with Crippen molar-refractivity contribution >= 4 is 29.0 Å². The minimum absolute atomic E-state index is 0.161. The van der Waals surface area contributed by atoms with Crippen molar-refractivity contribution in [2.45, 2.75) is 32.4 Å². The first-order valence-electron chi connectivity index (χ1n) is 12.5. The number of nitro benzene ring substituents is 1. The van der Waals surface area contributed by atoms with Crippen LogP contribution in [-0.4, -0.2) is 47.4 Å². The summed E-state index contributed by atoms with van der Waals surface area (Å²) in [5, 5.41) is 17.1. The van der Waals surface area contributed by atoms with Crippen LogP contribution in [0.4, 0.5) is 5.69 Å². The van der Waals surface area contributed by atoms with Gasteiger partial charge >= 0.3 is 11.9 Å². The number of hydrogen-bond donors (Lipinski definition) is 1. The zero-order valence-electron chi connectivity index (χ0n) is 22.6. The molecule has 1 aliphatic rings. The number of dihydropyridines is 1. The van der Waals surface area contributed by atoms with Crippen molar-refractivity contribution in [3.05, 3.63) is 115 Å². The summed E-state index contributed by atoms with van der Waals surface area (Å²) < 4.78 is 11.1. The Morgan fingerprint density at radius 2 is 1.80 bits per heavy atom. The Morgan fingerprint density at radius 1 is 1.10 bits per heavy atom. The van der Waals surface area contributed by atoms with Gasteiger partial charge in [0.15, 0.2) is 6.10 Å². The van der Waals surface area contributed by atoms with Gasteiger partial charge in [0, 0.05) is 48.2 Å². The summed E-state index contributed by atoms with van der Waals surface area (Å²) >= 11 is 1.38. The molecule has 1 N–H and O–H groups in total. The summed E-state index contributed by atoms with van der Waals surface area (Å²) in [5.41, 5.74) is 2.64. The molecule has 1 aliphatic heterocycles. The Labute approximate surface area is 236 Å². The molecule has 0 radical (unpaired) electrons. The second-order valence-electron chi connectivity index (χ2n) is 9.43. The first-order chi connectivity index (χ1) is 19.2. The van der Waals surface area contributed by atoms with Crippen LogP contribution in [0.3, 0.4) is 0 Å². The third kappa shape index (κ3) is 6.44. The lowest BCUT2D eigenvalue weighted by atomic mass is 9.80. The second kappa shape index (κ2) is 12.7. The van der Waals surface area contributed by atoms with Gasteiger partial charge in [0.05, 0.1) is 29.1 Å². The number of esters is 2. The number of carbonyl (C=O) groups is 2. The first kappa shape index (κ1) is 28.7. The molecule has 0 saturated carbocycles. The Bertz CT molecular complexity index is 1450. The average Bonchev–Trinajstić information content (AvgIpc) is 3.47. The predicted octanol–water partition coefficient (Wildman–Crippen LogP) is 4.88. The number of thiazole rings is 1. The van der Waals surface area contributed by atoms with Gasteiger partial charge in [0.25, 0.3) is 5.69 Å². The highest BCUT2D eigenvalue weighted by atomic mass is 32.1. The number of benzene rings is 2. The number of nitrogens with zero attached hydrogens (tertiary/aromatic N) is 3. The highest BCUT2D eigenvalue weighted by Gasteiger charge is 2.39. The van der Waals surface area contributed by atoms with Crippen LogP contribution in [0.5, 0.6) is 0 Å². The summed E-state index contributed by atoms with van der Waals surface area (Å²) in [7, 11) is 3.18. The quantitative estimate of drug-likeness (QED) is 0.209. The van der Waals surface area contributed by atoms with Gasteiger partial charge in [0.2, 0.25) is 0 Å². The van der Waals surface area contributed by atoms with Crippen molar-refractivity contribution in [3.8, 4) is 0 Å². The fraction of sp³-hybridized carbons (Fsp3) is 0.276. The molecule has 2 aromatic carbocycles. The second-order valence-corrected chi connectivity index (χ2v) is 10.4. The highest BCUT2D eigenvalue weighted by molar-refractivity contribution is 7.09. The normalized spacial score (nSPS) is 16.0. The smallest absolute Gasteiger partial charge is 0.337 e. The Balaban J connectivity index is 1.69. The van der Waals surface area contributed by atoms with Crippen LogP contribution in [-0.2, 0) is 25.6 Å².